The van der Waals surface area contributed by atoms with E-state index in [4.69, 9.17) is 0 Å². The summed E-state index contributed by atoms with van der Waals surface area (Å²) in [7, 11) is 1.79. The number of rotatable bonds is 4. The van der Waals surface area contributed by atoms with Gasteiger partial charge in [0.1, 0.15) is 0 Å². The fraction of sp³-hybridized carbons (Fsp3) is 0.857. The summed E-state index contributed by atoms with van der Waals surface area (Å²) in [4.78, 5) is 25.4. The Kier molecular flexibility index (Phi) is 4.41. The lowest BCUT2D eigenvalue weighted by Gasteiger charge is -2.37. The Morgan fingerprint density at radius 3 is 2.22 bits per heavy atom. The number of aliphatic carboxylic acids is 1. The Bertz CT molecular complexity index is 338. The molecule has 18 heavy (non-hydrogen) atoms. The van der Waals surface area contributed by atoms with Gasteiger partial charge in [0.25, 0.3) is 0 Å². The van der Waals surface area contributed by atoms with E-state index in [1.54, 1.807) is 11.9 Å². The molecule has 0 aromatic rings. The van der Waals surface area contributed by atoms with Crippen molar-refractivity contribution in [3.63, 3.8) is 0 Å². The van der Waals surface area contributed by atoms with Gasteiger partial charge in [-0.15, -0.1) is 0 Å². The highest BCUT2D eigenvalue weighted by molar-refractivity contribution is 5.85. The van der Waals surface area contributed by atoms with Crippen molar-refractivity contribution in [3.05, 3.63) is 0 Å². The molecule has 3 atom stereocenters. The van der Waals surface area contributed by atoms with Crippen LogP contribution in [0.3, 0.4) is 0 Å². The summed E-state index contributed by atoms with van der Waals surface area (Å²) >= 11 is 0. The van der Waals surface area contributed by atoms with Crippen LogP contribution < -0.4 is 0 Å². The van der Waals surface area contributed by atoms with E-state index in [0.717, 1.165) is 6.42 Å². The maximum atomic E-state index is 12.5. The Balaban J connectivity index is 2.86. The average Bonchev–Trinajstić information content (AvgIpc) is 2.69. The summed E-state index contributed by atoms with van der Waals surface area (Å²) in [5.74, 6) is -1.40. The summed E-state index contributed by atoms with van der Waals surface area (Å²) in [5.41, 5.74) is -0.216. The zero-order chi connectivity index (χ0) is 14.1. The van der Waals surface area contributed by atoms with Crippen LogP contribution in [-0.4, -0.2) is 34.5 Å². The van der Waals surface area contributed by atoms with Gasteiger partial charge in [0.2, 0.25) is 5.91 Å². The predicted molar refractivity (Wildman–Crippen MR) is 70.2 cm³/mol. The number of amides is 1. The fourth-order valence-electron chi connectivity index (χ4n) is 2.62. The molecule has 1 amide bonds. The van der Waals surface area contributed by atoms with Crippen LogP contribution in [0.5, 0.6) is 0 Å². The van der Waals surface area contributed by atoms with E-state index >= 15 is 0 Å². The van der Waals surface area contributed by atoms with E-state index in [9.17, 15) is 14.7 Å². The first kappa shape index (κ1) is 15.0. The molecule has 0 radical (unpaired) electrons. The van der Waals surface area contributed by atoms with E-state index in [1.807, 2.05) is 27.7 Å². The number of carbonyl (C=O) groups excluding carboxylic acids is 1. The second kappa shape index (κ2) is 5.29. The van der Waals surface area contributed by atoms with Crippen molar-refractivity contribution in [1.82, 2.24) is 4.90 Å². The first-order chi connectivity index (χ1) is 8.20. The van der Waals surface area contributed by atoms with Crippen molar-refractivity contribution in [3.8, 4) is 0 Å². The topological polar surface area (TPSA) is 57.6 Å². The number of hydrogen-bond donors (Lipinski definition) is 1. The minimum Gasteiger partial charge on any atom is -0.481 e. The van der Waals surface area contributed by atoms with Gasteiger partial charge in [-0.05, 0) is 39.0 Å². The molecule has 1 rings (SSSR count). The summed E-state index contributed by atoms with van der Waals surface area (Å²) in [5, 5.41) is 9.22. The Morgan fingerprint density at radius 2 is 1.78 bits per heavy atom. The maximum Gasteiger partial charge on any atom is 0.307 e. The second-order valence-electron chi connectivity index (χ2n) is 6.19. The minimum atomic E-state index is -0.833. The molecule has 0 spiro atoms. The lowest BCUT2D eigenvalue weighted by molar-refractivity contribution is -0.150. The van der Waals surface area contributed by atoms with Crippen molar-refractivity contribution in [2.24, 2.45) is 17.8 Å². The maximum absolute atomic E-state index is 12.5. The number of hydrogen-bond acceptors (Lipinski definition) is 2. The van der Waals surface area contributed by atoms with Gasteiger partial charge in [-0.3, -0.25) is 9.59 Å². The van der Waals surface area contributed by atoms with Gasteiger partial charge in [-0.2, -0.15) is 0 Å². The van der Waals surface area contributed by atoms with Crippen LogP contribution in [0.15, 0.2) is 0 Å². The zero-order valence-electron chi connectivity index (χ0n) is 12.1. The molecule has 0 aromatic heterocycles. The molecule has 1 aliphatic rings. The minimum absolute atomic E-state index is 0.0152. The molecule has 0 heterocycles. The molecule has 0 bridgehead atoms. The van der Waals surface area contributed by atoms with Gasteiger partial charge >= 0.3 is 5.97 Å². The Labute approximate surface area is 109 Å². The van der Waals surface area contributed by atoms with E-state index in [1.165, 1.54) is 0 Å². The molecule has 4 nitrogen and oxygen atoms in total. The van der Waals surface area contributed by atoms with Gasteiger partial charge in [-0.25, -0.2) is 0 Å². The first-order valence-corrected chi connectivity index (χ1v) is 6.71. The quantitative estimate of drug-likeness (QED) is 0.839. The molecular weight excluding hydrogens is 230 g/mol. The number of carbonyl (C=O) groups is 2. The van der Waals surface area contributed by atoms with Gasteiger partial charge in [0.05, 0.1) is 11.8 Å². The molecule has 1 aliphatic carbocycles. The second-order valence-corrected chi connectivity index (χ2v) is 6.19. The van der Waals surface area contributed by atoms with Crippen molar-refractivity contribution in [1.29, 1.82) is 0 Å². The molecule has 1 fully saturated rings. The third-order valence-corrected chi connectivity index (χ3v) is 4.54. The Hall–Kier alpha value is -1.06. The third kappa shape index (κ3) is 2.85. The molecule has 1 N–H and O–H groups in total. The molecule has 4 heteroatoms. The van der Waals surface area contributed by atoms with E-state index in [0.29, 0.717) is 18.8 Å². The van der Waals surface area contributed by atoms with Crippen molar-refractivity contribution in [2.75, 3.05) is 7.05 Å². The number of carboxylic acid groups (broad SMARTS) is 1. The molecule has 1 unspecified atom stereocenters. The van der Waals surface area contributed by atoms with Crippen LogP contribution in [0.4, 0.5) is 0 Å². The van der Waals surface area contributed by atoms with Crippen molar-refractivity contribution < 1.29 is 14.7 Å². The number of carboxylic acids is 1. The molecular formula is C14H25NO3. The normalized spacial score (nSPS) is 28.2. The fourth-order valence-corrected chi connectivity index (χ4v) is 2.62. The lowest BCUT2D eigenvalue weighted by atomic mass is 9.91. The van der Waals surface area contributed by atoms with Crippen LogP contribution >= 0.6 is 0 Å². The van der Waals surface area contributed by atoms with Crippen LogP contribution in [-0.2, 0) is 9.59 Å². The predicted octanol–water partition coefficient (Wildman–Crippen LogP) is 2.38. The highest BCUT2D eigenvalue weighted by Gasteiger charge is 2.43. The molecule has 0 aliphatic heterocycles. The SMILES string of the molecule is CCC(C)(C)N(C)C(=O)[C@H]1CC(C)C[C@H]1C(=O)O. The van der Waals surface area contributed by atoms with Crippen LogP contribution in [0.1, 0.15) is 47.0 Å². The van der Waals surface area contributed by atoms with E-state index in [2.05, 4.69) is 0 Å². The molecule has 1 saturated carbocycles. The van der Waals surface area contributed by atoms with Crippen molar-refractivity contribution in [2.45, 2.75) is 52.5 Å². The van der Waals surface area contributed by atoms with Gasteiger partial charge in [0.15, 0.2) is 0 Å². The van der Waals surface area contributed by atoms with Crippen LogP contribution in [0, 0.1) is 17.8 Å². The van der Waals surface area contributed by atoms with Crippen LogP contribution in [0.2, 0.25) is 0 Å². The Morgan fingerprint density at radius 1 is 1.28 bits per heavy atom. The van der Waals surface area contributed by atoms with E-state index in [-0.39, 0.29) is 17.4 Å². The highest BCUT2D eigenvalue weighted by atomic mass is 16.4. The highest BCUT2D eigenvalue weighted by Crippen LogP contribution is 2.38. The van der Waals surface area contributed by atoms with Crippen LogP contribution in [0.25, 0.3) is 0 Å². The zero-order valence-corrected chi connectivity index (χ0v) is 12.1. The standard InChI is InChI=1S/C14H25NO3/c1-6-14(3,4)15(5)12(16)10-7-9(2)8-11(10)13(17)18/h9-11H,6-8H2,1-5H3,(H,17,18)/t9?,10-,11+/m0/s1. The van der Waals surface area contributed by atoms with Gasteiger partial charge in [-0.1, -0.05) is 13.8 Å². The summed E-state index contributed by atoms with van der Waals surface area (Å²) in [6.45, 7) is 8.09. The summed E-state index contributed by atoms with van der Waals surface area (Å²) in [6, 6.07) is 0. The molecule has 0 saturated heterocycles. The van der Waals surface area contributed by atoms with E-state index < -0.39 is 11.9 Å². The average molecular weight is 255 g/mol. The third-order valence-electron chi connectivity index (χ3n) is 4.54. The molecule has 0 aromatic carbocycles. The lowest BCUT2D eigenvalue weighted by Crippen LogP contribution is -2.48. The molecule has 104 valence electrons. The first-order valence-electron chi connectivity index (χ1n) is 6.71. The number of nitrogens with zero attached hydrogens (tertiary/aromatic N) is 1. The largest absolute Gasteiger partial charge is 0.481 e. The van der Waals surface area contributed by atoms with Gasteiger partial charge < -0.3 is 10.0 Å². The summed E-state index contributed by atoms with van der Waals surface area (Å²) in [6.07, 6.45) is 2.17. The monoisotopic (exact) mass is 255 g/mol. The smallest absolute Gasteiger partial charge is 0.307 e. The van der Waals surface area contributed by atoms with Gasteiger partial charge in [0, 0.05) is 12.6 Å². The summed E-state index contributed by atoms with van der Waals surface area (Å²) < 4.78 is 0. The van der Waals surface area contributed by atoms with Crippen molar-refractivity contribution >= 4 is 11.9 Å².